The molecular weight excluding hydrogens is 349 g/mol. The molecule has 1 aliphatic carbocycles. The monoisotopic (exact) mass is 365 g/mol. The van der Waals surface area contributed by atoms with Crippen molar-refractivity contribution in [1.82, 2.24) is 15.1 Å². The van der Waals surface area contributed by atoms with Gasteiger partial charge in [0, 0.05) is 18.7 Å². The van der Waals surface area contributed by atoms with E-state index in [1.54, 1.807) is 23.0 Å². The van der Waals surface area contributed by atoms with E-state index in [1.165, 1.54) is 12.1 Å². The number of hydrogen-bond acceptors (Lipinski definition) is 2. The van der Waals surface area contributed by atoms with Gasteiger partial charge in [-0.2, -0.15) is 5.10 Å². The highest BCUT2D eigenvalue weighted by Crippen LogP contribution is 2.42. The predicted molar refractivity (Wildman–Crippen MR) is 84.8 cm³/mol. The van der Waals surface area contributed by atoms with Crippen molar-refractivity contribution in [2.45, 2.75) is 25.3 Å². The van der Waals surface area contributed by atoms with Gasteiger partial charge in [0.1, 0.15) is 5.82 Å². The minimum absolute atomic E-state index is 0.00480. The van der Waals surface area contributed by atoms with E-state index >= 15 is 0 Å². The summed E-state index contributed by atoms with van der Waals surface area (Å²) >= 11 is 3.34. The molecule has 1 heterocycles. The van der Waals surface area contributed by atoms with Crippen LogP contribution in [-0.2, 0) is 11.3 Å². The zero-order chi connectivity index (χ0) is 15.5. The SMILES string of the molecule is O=C(NCCn1cc(Br)cn1)C1CCC1c1ccc(F)cc1. The third-order valence-corrected chi connectivity index (χ3v) is 4.56. The summed E-state index contributed by atoms with van der Waals surface area (Å²) in [5.41, 5.74) is 1.05. The van der Waals surface area contributed by atoms with Gasteiger partial charge in [0.05, 0.1) is 17.2 Å². The number of aromatic nitrogens is 2. The summed E-state index contributed by atoms with van der Waals surface area (Å²) in [6.07, 6.45) is 5.46. The van der Waals surface area contributed by atoms with Gasteiger partial charge < -0.3 is 5.32 Å². The summed E-state index contributed by atoms with van der Waals surface area (Å²) in [6.45, 7) is 1.20. The number of amides is 1. The summed E-state index contributed by atoms with van der Waals surface area (Å²) in [5, 5.41) is 7.11. The molecule has 0 spiro atoms. The lowest BCUT2D eigenvalue weighted by Crippen LogP contribution is -2.40. The van der Waals surface area contributed by atoms with E-state index in [4.69, 9.17) is 0 Å². The standard InChI is InChI=1S/C16H17BrFN3O/c17-12-9-20-21(10-12)8-7-19-16(22)15-6-5-14(15)11-1-3-13(18)4-2-11/h1-4,9-10,14-15H,5-8H2,(H,19,22). The molecule has 4 nitrogen and oxygen atoms in total. The molecule has 22 heavy (non-hydrogen) atoms. The second-order valence-corrected chi connectivity index (χ2v) is 6.47. The van der Waals surface area contributed by atoms with Gasteiger partial charge in [0.25, 0.3) is 0 Å². The fraction of sp³-hybridized carbons (Fsp3) is 0.375. The minimum atomic E-state index is -0.241. The molecule has 116 valence electrons. The van der Waals surface area contributed by atoms with Crippen LogP contribution in [0.2, 0.25) is 0 Å². The number of halogens is 2. The zero-order valence-electron chi connectivity index (χ0n) is 12.0. The van der Waals surface area contributed by atoms with Crippen LogP contribution in [0.15, 0.2) is 41.1 Å². The Morgan fingerprint density at radius 1 is 1.36 bits per heavy atom. The summed E-state index contributed by atoms with van der Waals surface area (Å²) in [7, 11) is 0. The first-order valence-corrected chi connectivity index (χ1v) is 8.14. The second kappa shape index (κ2) is 6.60. The number of rotatable bonds is 5. The van der Waals surface area contributed by atoms with Crippen molar-refractivity contribution in [3.8, 4) is 0 Å². The lowest BCUT2D eigenvalue weighted by atomic mass is 9.69. The van der Waals surface area contributed by atoms with E-state index in [0.717, 1.165) is 22.9 Å². The number of carbonyl (C=O) groups is 1. The summed E-state index contributed by atoms with van der Waals surface area (Å²) in [4.78, 5) is 12.2. The van der Waals surface area contributed by atoms with Gasteiger partial charge in [-0.3, -0.25) is 9.48 Å². The van der Waals surface area contributed by atoms with Crippen molar-refractivity contribution in [2.24, 2.45) is 5.92 Å². The molecule has 2 unspecified atom stereocenters. The van der Waals surface area contributed by atoms with Crippen LogP contribution in [-0.4, -0.2) is 22.2 Å². The average Bonchev–Trinajstić information content (AvgIpc) is 2.86. The Morgan fingerprint density at radius 3 is 2.73 bits per heavy atom. The summed E-state index contributed by atoms with van der Waals surface area (Å²) in [5.74, 6) is 0.0375. The van der Waals surface area contributed by atoms with Crippen molar-refractivity contribution < 1.29 is 9.18 Å². The molecule has 1 saturated carbocycles. The van der Waals surface area contributed by atoms with E-state index < -0.39 is 0 Å². The molecule has 2 atom stereocenters. The first-order chi connectivity index (χ1) is 10.6. The van der Waals surface area contributed by atoms with Crippen LogP contribution in [0.25, 0.3) is 0 Å². The van der Waals surface area contributed by atoms with E-state index in [1.807, 2.05) is 6.20 Å². The first-order valence-electron chi connectivity index (χ1n) is 7.34. The maximum Gasteiger partial charge on any atom is 0.223 e. The van der Waals surface area contributed by atoms with Gasteiger partial charge in [-0.1, -0.05) is 12.1 Å². The molecule has 1 aromatic carbocycles. The van der Waals surface area contributed by atoms with Crippen molar-refractivity contribution in [1.29, 1.82) is 0 Å². The molecule has 0 saturated heterocycles. The molecule has 0 bridgehead atoms. The maximum atomic E-state index is 13.0. The maximum absolute atomic E-state index is 13.0. The third-order valence-electron chi connectivity index (χ3n) is 4.15. The minimum Gasteiger partial charge on any atom is -0.354 e. The van der Waals surface area contributed by atoms with E-state index in [0.29, 0.717) is 13.1 Å². The molecule has 2 aromatic rings. The Labute approximate surface area is 136 Å². The van der Waals surface area contributed by atoms with Crippen LogP contribution in [0.3, 0.4) is 0 Å². The second-order valence-electron chi connectivity index (χ2n) is 5.55. The Bertz CT molecular complexity index is 656. The highest BCUT2D eigenvalue weighted by Gasteiger charge is 2.37. The molecule has 1 fully saturated rings. The molecule has 1 aromatic heterocycles. The molecule has 0 radical (unpaired) electrons. The van der Waals surface area contributed by atoms with E-state index in [-0.39, 0.29) is 23.6 Å². The zero-order valence-corrected chi connectivity index (χ0v) is 13.6. The average molecular weight is 366 g/mol. The Kier molecular flexibility index (Phi) is 4.57. The number of nitrogens with zero attached hydrogens (tertiary/aromatic N) is 2. The lowest BCUT2D eigenvalue weighted by molar-refractivity contribution is -0.128. The van der Waals surface area contributed by atoms with Gasteiger partial charge in [-0.05, 0) is 52.4 Å². The fourth-order valence-electron chi connectivity index (χ4n) is 2.81. The summed E-state index contributed by atoms with van der Waals surface area (Å²) < 4.78 is 15.7. The first kappa shape index (κ1) is 15.2. The number of hydrogen-bond donors (Lipinski definition) is 1. The molecule has 1 N–H and O–H groups in total. The van der Waals surface area contributed by atoms with E-state index in [9.17, 15) is 9.18 Å². The van der Waals surface area contributed by atoms with Crippen LogP contribution in [0.1, 0.15) is 24.3 Å². The largest absolute Gasteiger partial charge is 0.354 e. The van der Waals surface area contributed by atoms with Crippen molar-refractivity contribution >= 4 is 21.8 Å². The lowest BCUT2D eigenvalue weighted by Gasteiger charge is -2.35. The Balaban J connectivity index is 1.51. The number of carbonyl (C=O) groups excluding carboxylic acids is 1. The van der Waals surface area contributed by atoms with Gasteiger partial charge in [-0.15, -0.1) is 0 Å². The Morgan fingerprint density at radius 2 is 2.14 bits per heavy atom. The third kappa shape index (κ3) is 3.38. The quantitative estimate of drug-likeness (QED) is 0.884. The molecule has 6 heteroatoms. The Hall–Kier alpha value is -1.69. The molecular formula is C16H17BrFN3O. The van der Waals surface area contributed by atoms with Crippen molar-refractivity contribution in [2.75, 3.05) is 6.54 Å². The predicted octanol–water partition coefficient (Wildman–Crippen LogP) is 3.09. The highest BCUT2D eigenvalue weighted by atomic mass is 79.9. The van der Waals surface area contributed by atoms with Crippen LogP contribution in [0.4, 0.5) is 4.39 Å². The molecule has 1 aliphatic rings. The normalized spacial score (nSPS) is 20.5. The number of benzene rings is 1. The number of nitrogens with one attached hydrogen (secondary N) is 1. The smallest absolute Gasteiger partial charge is 0.223 e. The van der Waals surface area contributed by atoms with Crippen molar-refractivity contribution in [3.63, 3.8) is 0 Å². The molecule has 3 rings (SSSR count). The van der Waals surface area contributed by atoms with E-state index in [2.05, 4.69) is 26.3 Å². The van der Waals surface area contributed by atoms with Crippen molar-refractivity contribution in [3.05, 3.63) is 52.5 Å². The fourth-order valence-corrected chi connectivity index (χ4v) is 3.14. The van der Waals surface area contributed by atoms with Crippen LogP contribution < -0.4 is 5.32 Å². The summed E-state index contributed by atoms with van der Waals surface area (Å²) in [6, 6.07) is 6.47. The van der Waals surface area contributed by atoms with Crippen LogP contribution >= 0.6 is 15.9 Å². The van der Waals surface area contributed by atoms with Gasteiger partial charge in [0.15, 0.2) is 0 Å². The van der Waals surface area contributed by atoms with Crippen LogP contribution in [0, 0.1) is 11.7 Å². The highest BCUT2D eigenvalue weighted by molar-refractivity contribution is 9.10. The van der Waals surface area contributed by atoms with Gasteiger partial charge in [0.2, 0.25) is 5.91 Å². The topological polar surface area (TPSA) is 46.9 Å². The van der Waals surface area contributed by atoms with Gasteiger partial charge >= 0.3 is 0 Å². The molecule has 0 aliphatic heterocycles. The van der Waals surface area contributed by atoms with Crippen LogP contribution in [0.5, 0.6) is 0 Å². The van der Waals surface area contributed by atoms with Gasteiger partial charge in [-0.25, -0.2) is 4.39 Å². The molecule has 1 amide bonds.